The lowest BCUT2D eigenvalue weighted by Gasteiger charge is -2.22. The molecule has 50 heavy (non-hydrogen) atoms. The average Bonchev–Trinajstić information content (AvgIpc) is 3.73. The van der Waals surface area contributed by atoms with E-state index in [1.165, 1.54) is 27.8 Å². The first-order valence-corrected chi connectivity index (χ1v) is 17.1. The van der Waals surface area contributed by atoms with Crippen molar-refractivity contribution in [3.63, 3.8) is 0 Å². The van der Waals surface area contributed by atoms with E-state index in [0.29, 0.717) is 5.95 Å². The molecule has 0 radical (unpaired) electrons. The van der Waals surface area contributed by atoms with Crippen LogP contribution in [0.2, 0.25) is 0 Å². The third-order valence-electron chi connectivity index (χ3n) is 10.8. The van der Waals surface area contributed by atoms with Crippen LogP contribution in [0, 0.1) is 0 Å². The van der Waals surface area contributed by atoms with Gasteiger partial charge in [-0.15, -0.1) is 0 Å². The molecule has 2 heterocycles. The van der Waals surface area contributed by atoms with Crippen LogP contribution in [-0.2, 0) is 5.41 Å². The number of methoxy groups -OCH3 is 1. The SMILES string of the molecule is C=C1C(c2nc(-n3c4ccccc4c4c(OC)c5c(cc43)C(C)(C)c3ccccc3-5)nc3ccccc23)=C(c2ccccc2)c2ccccc21. The number of benzene rings is 6. The summed E-state index contributed by atoms with van der Waals surface area (Å²) >= 11 is 0. The van der Waals surface area contributed by atoms with Crippen LogP contribution in [-0.4, -0.2) is 21.6 Å². The molecule has 4 nitrogen and oxygen atoms in total. The van der Waals surface area contributed by atoms with E-state index >= 15 is 0 Å². The molecule has 0 spiro atoms. The van der Waals surface area contributed by atoms with E-state index in [-0.39, 0.29) is 5.41 Å². The number of hydrogen-bond donors (Lipinski definition) is 0. The summed E-state index contributed by atoms with van der Waals surface area (Å²) < 4.78 is 8.63. The molecule has 8 aromatic rings. The molecule has 6 aromatic carbocycles. The molecule has 238 valence electrons. The van der Waals surface area contributed by atoms with Crippen molar-refractivity contribution in [2.45, 2.75) is 19.3 Å². The fourth-order valence-electron chi connectivity index (χ4n) is 8.57. The zero-order valence-corrected chi connectivity index (χ0v) is 28.2. The molecule has 0 fully saturated rings. The summed E-state index contributed by atoms with van der Waals surface area (Å²) in [6, 6.07) is 47.1. The maximum atomic E-state index is 6.39. The Kier molecular flexibility index (Phi) is 5.96. The monoisotopic (exact) mass is 643 g/mol. The van der Waals surface area contributed by atoms with Gasteiger partial charge in [-0.25, -0.2) is 9.97 Å². The van der Waals surface area contributed by atoms with Crippen LogP contribution >= 0.6 is 0 Å². The molecular weight excluding hydrogens is 611 g/mol. The second-order valence-electron chi connectivity index (χ2n) is 13.8. The Morgan fingerprint density at radius 2 is 1.28 bits per heavy atom. The van der Waals surface area contributed by atoms with Crippen molar-refractivity contribution >= 4 is 49.4 Å². The Morgan fingerprint density at radius 3 is 2.08 bits per heavy atom. The van der Waals surface area contributed by atoms with Gasteiger partial charge in [-0.3, -0.25) is 4.57 Å². The number of ether oxygens (including phenoxy) is 1. The molecule has 0 amide bonds. The highest BCUT2D eigenvalue weighted by atomic mass is 16.5. The summed E-state index contributed by atoms with van der Waals surface area (Å²) in [5.74, 6) is 1.50. The summed E-state index contributed by atoms with van der Waals surface area (Å²) in [4.78, 5) is 10.9. The zero-order valence-electron chi connectivity index (χ0n) is 28.2. The van der Waals surface area contributed by atoms with Gasteiger partial charge in [-0.05, 0) is 62.7 Å². The van der Waals surface area contributed by atoms with Gasteiger partial charge in [0.05, 0.1) is 34.7 Å². The van der Waals surface area contributed by atoms with Crippen molar-refractivity contribution in [3.05, 3.63) is 174 Å². The number of hydrogen-bond acceptors (Lipinski definition) is 3. The van der Waals surface area contributed by atoms with E-state index in [2.05, 4.69) is 158 Å². The number of allylic oxidation sites excluding steroid dienone is 2. The van der Waals surface area contributed by atoms with Gasteiger partial charge in [0.15, 0.2) is 0 Å². The third kappa shape index (κ3) is 3.76. The minimum atomic E-state index is -0.215. The molecule has 0 atom stereocenters. The Hall–Kier alpha value is -6.26. The standard InChI is InChI=1S/C46H33N3O/c1-27-29-18-8-9-19-30(29)40(28-16-6-5-7-17-28)39(27)43-32-21-11-14-24-36(32)47-45(48-43)49-37-25-15-12-22-33(37)42-38(49)26-35-41(44(42)50-4)31-20-10-13-23-34(31)46(35,2)3/h5-26H,1H2,2-4H3. The van der Waals surface area contributed by atoms with Gasteiger partial charge in [0.1, 0.15) is 5.75 Å². The third-order valence-corrected chi connectivity index (χ3v) is 10.8. The first kappa shape index (κ1) is 28.7. The van der Waals surface area contributed by atoms with Gasteiger partial charge in [0.2, 0.25) is 5.95 Å². The van der Waals surface area contributed by atoms with Crippen molar-refractivity contribution < 1.29 is 4.74 Å². The molecule has 4 heteroatoms. The summed E-state index contributed by atoms with van der Waals surface area (Å²) in [7, 11) is 1.79. The predicted molar refractivity (Wildman–Crippen MR) is 206 cm³/mol. The van der Waals surface area contributed by atoms with Crippen molar-refractivity contribution in [2.24, 2.45) is 0 Å². The molecule has 2 aromatic heterocycles. The highest BCUT2D eigenvalue weighted by Gasteiger charge is 2.39. The maximum absolute atomic E-state index is 6.39. The second kappa shape index (κ2) is 10.4. The van der Waals surface area contributed by atoms with Gasteiger partial charge in [-0.1, -0.05) is 136 Å². The smallest absolute Gasteiger partial charge is 0.235 e. The average molecular weight is 644 g/mol. The van der Waals surface area contributed by atoms with Gasteiger partial charge in [0, 0.05) is 27.3 Å². The van der Waals surface area contributed by atoms with E-state index < -0.39 is 0 Å². The van der Waals surface area contributed by atoms with E-state index in [0.717, 1.165) is 72.0 Å². The largest absolute Gasteiger partial charge is 0.495 e. The van der Waals surface area contributed by atoms with Crippen LogP contribution in [0.4, 0.5) is 0 Å². The van der Waals surface area contributed by atoms with Crippen LogP contribution in [0.25, 0.3) is 66.5 Å². The van der Waals surface area contributed by atoms with E-state index in [9.17, 15) is 0 Å². The van der Waals surface area contributed by atoms with Crippen molar-refractivity contribution in [3.8, 4) is 22.8 Å². The summed E-state index contributed by atoms with van der Waals surface area (Å²) in [5, 5.41) is 3.16. The molecule has 0 saturated carbocycles. The first-order chi connectivity index (χ1) is 24.5. The highest BCUT2D eigenvalue weighted by molar-refractivity contribution is 6.25. The molecule has 2 aliphatic rings. The van der Waals surface area contributed by atoms with Gasteiger partial charge in [-0.2, -0.15) is 0 Å². The van der Waals surface area contributed by atoms with Crippen LogP contribution in [0.15, 0.2) is 140 Å². The van der Waals surface area contributed by atoms with Gasteiger partial charge < -0.3 is 4.74 Å². The van der Waals surface area contributed by atoms with E-state index in [1.807, 2.05) is 0 Å². The van der Waals surface area contributed by atoms with E-state index in [4.69, 9.17) is 14.7 Å². The Balaban J connectivity index is 1.33. The molecule has 0 saturated heterocycles. The fraction of sp³-hybridized carbons (Fsp3) is 0.0870. The molecule has 0 N–H and O–H groups in total. The summed E-state index contributed by atoms with van der Waals surface area (Å²) in [6.45, 7) is 9.30. The summed E-state index contributed by atoms with van der Waals surface area (Å²) in [6.07, 6.45) is 0. The first-order valence-electron chi connectivity index (χ1n) is 17.1. The van der Waals surface area contributed by atoms with Crippen LogP contribution in [0.5, 0.6) is 5.75 Å². The molecular formula is C46H33N3O. The Morgan fingerprint density at radius 1 is 0.620 bits per heavy atom. The Labute approximate surface area is 290 Å². The zero-order chi connectivity index (χ0) is 33.7. The topological polar surface area (TPSA) is 39.9 Å². The lowest BCUT2D eigenvalue weighted by Crippen LogP contribution is -2.15. The quantitative estimate of drug-likeness (QED) is 0.192. The highest BCUT2D eigenvalue weighted by Crippen LogP contribution is 2.56. The maximum Gasteiger partial charge on any atom is 0.235 e. The Bertz CT molecular complexity index is 2780. The molecule has 2 aliphatic carbocycles. The summed E-state index contributed by atoms with van der Waals surface area (Å²) in [5.41, 5.74) is 15.1. The number of para-hydroxylation sites is 2. The van der Waals surface area contributed by atoms with Crippen molar-refractivity contribution in [1.29, 1.82) is 0 Å². The number of fused-ring (bicyclic) bond motifs is 8. The van der Waals surface area contributed by atoms with Crippen LogP contribution in [0.3, 0.4) is 0 Å². The van der Waals surface area contributed by atoms with Gasteiger partial charge >= 0.3 is 0 Å². The lowest BCUT2D eigenvalue weighted by atomic mass is 9.82. The number of nitrogens with zero attached hydrogens (tertiary/aromatic N) is 3. The fourth-order valence-corrected chi connectivity index (χ4v) is 8.57. The minimum Gasteiger partial charge on any atom is -0.495 e. The second-order valence-corrected chi connectivity index (χ2v) is 13.8. The minimum absolute atomic E-state index is 0.215. The van der Waals surface area contributed by atoms with Crippen LogP contribution in [0.1, 0.15) is 47.4 Å². The molecule has 0 unspecified atom stereocenters. The van der Waals surface area contributed by atoms with Crippen molar-refractivity contribution in [1.82, 2.24) is 14.5 Å². The van der Waals surface area contributed by atoms with Gasteiger partial charge in [0.25, 0.3) is 0 Å². The normalized spacial score (nSPS) is 14.4. The lowest BCUT2D eigenvalue weighted by molar-refractivity contribution is 0.421. The molecule has 0 aliphatic heterocycles. The number of aromatic nitrogens is 3. The predicted octanol–water partition coefficient (Wildman–Crippen LogP) is 11.0. The van der Waals surface area contributed by atoms with Crippen LogP contribution < -0.4 is 4.74 Å². The molecule has 0 bridgehead atoms. The van der Waals surface area contributed by atoms with E-state index in [1.54, 1.807) is 7.11 Å². The number of rotatable bonds is 4. The van der Waals surface area contributed by atoms with Crippen molar-refractivity contribution in [2.75, 3.05) is 7.11 Å². The molecule has 10 rings (SSSR count).